The fourth-order valence-electron chi connectivity index (χ4n) is 4.44. The lowest BCUT2D eigenvalue weighted by molar-refractivity contribution is -0.115. The van der Waals surface area contributed by atoms with Gasteiger partial charge in [0.15, 0.2) is 5.13 Å². The molecule has 1 aliphatic carbocycles. The van der Waals surface area contributed by atoms with Gasteiger partial charge in [-0.15, -0.1) is 0 Å². The summed E-state index contributed by atoms with van der Waals surface area (Å²) in [6.45, 7) is 7.14. The van der Waals surface area contributed by atoms with Gasteiger partial charge >= 0.3 is 5.97 Å². The number of anilines is 2. The third-order valence-electron chi connectivity index (χ3n) is 6.50. The smallest absolute Gasteiger partial charge is 0.350 e. The number of pyridine rings is 1. The molecular formula is C29H37N7O4S. The highest BCUT2D eigenvalue weighted by molar-refractivity contribution is 7.17. The van der Waals surface area contributed by atoms with Gasteiger partial charge in [0.1, 0.15) is 16.8 Å². The Morgan fingerprint density at radius 3 is 2.61 bits per heavy atom. The van der Waals surface area contributed by atoms with Crippen molar-refractivity contribution in [1.82, 2.24) is 25.4 Å². The topological polar surface area (TPSA) is 144 Å². The van der Waals surface area contributed by atoms with Crippen LogP contribution in [0, 0.1) is 13.8 Å². The standard InChI is InChI=1S/C25H26N6O4S.C4H11N/c1-14-21(24(33)34-18-5-3-4-6-18)36-25(28-14)30-20(32)10-12-27-23-19-13-17(22-29-15(2)35-31-22)8-7-16(19)9-11-26-23;1-3-4-5-2/h7-9,11,13,18H,3-6,10,12H2,1-2H3,(H,26,27)(H,28,30,32);5H,3-4H2,1-2H3. The first-order chi connectivity index (χ1) is 19.9. The average molecular weight is 580 g/mol. The molecule has 0 saturated heterocycles. The lowest BCUT2D eigenvalue weighted by Crippen LogP contribution is -2.16. The van der Waals surface area contributed by atoms with Crippen LogP contribution in [0.4, 0.5) is 10.9 Å². The fourth-order valence-corrected chi connectivity index (χ4v) is 5.31. The second-order valence-electron chi connectivity index (χ2n) is 9.81. The molecule has 0 unspecified atom stereocenters. The number of hydrogen-bond acceptors (Lipinski definition) is 11. The van der Waals surface area contributed by atoms with Gasteiger partial charge in [-0.3, -0.25) is 4.79 Å². The van der Waals surface area contributed by atoms with Gasteiger partial charge in [0.25, 0.3) is 0 Å². The van der Waals surface area contributed by atoms with Crippen LogP contribution in [-0.4, -0.2) is 58.2 Å². The van der Waals surface area contributed by atoms with Crippen molar-refractivity contribution in [2.75, 3.05) is 30.8 Å². The third kappa shape index (κ3) is 8.30. The van der Waals surface area contributed by atoms with Crippen molar-refractivity contribution in [3.63, 3.8) is 0 Å². The van der Waals surface area contributed by atoms with Gasteiger partial charge < -0.3 is 25.2 Å². The largest absolute Gasteiger partial charge is 0.458 e. The van der Waals surface area contributed by atoms with E-state index in [2.05, 4.69) is 43.0 Å². The fraction of sp³-hybridized carbons (Fsp3) is 0.448. The van der Waals surface area contributed by atoms with Crippen molar-refractivity contribution < 1.29 is 18.8 Å². The van der Waals surface area contributed by atoms with Crippen LogP contribution < -0.4 is 16.0 Å². The number of aryl methyl sites for hydroxylation is 2. The predicted molar refractivity (Wildman–Crippen MR) is 160 cm³/mol. The minimum Gasteiger partial charge on any atom is -0.458 e. The second kappa shape index (κ2) is 14.6. The Balaban J connectivity index is 0.000000714. The van der Waals surface area contributed by atoms with Crippen LogP contribution in [0.1, 0.15) is 66.7 Å². The van der Waals surface area contributed by atoms with E-state index in [0.29, 0.717) is 39.8 Å². The first-order valence-electron chi connectivity index (χ1n) is 13.9. The van der Waals surface area contributed by atoms with Crippen LogP contribution in [0.25, 0.3) is 22.2 Å². The molecule has 1 saturated carbocycles. The van der Waals surface area contributed by atoms with Crippen molar-refractivity contribution in [2.45, 2.75) is 65.4 Å². The highest BCUT2D eigenvalue weighted by atomic mass is 32.1. The molecule has 0 atom stereocenters. The molecule has 1 fully saturated rings. The highest BCUT2D eigenvalue weighted by Crippen LogP contribution is 2.28. The quantitative estimate of drug-likeness (QED) is 0.206. The number of carbonyl (C=O) groups is 2. The van der Waals surface area contributed by atoms with Gasteiger partial charge in [-0.05, 0) is 70.1 Å². The number of rotatable bonds is 10. The minimum atomic E-state index is -0.364. The summed E-state index contributed by atoms with van der Waals surface area (Å²) in [6, 6.07) is 7.76. The molecule has 12 heteroatoms. The van der Waals surface area contributed by atoms with Crippen LogP contribution in [0.2, 0.25) is 0 Å². The Hall–Kier alpha value is -3.90. The molecule has 218 valence electrons. The molecule has 1 amide bonds. The van der Waals surface area contributed by atoms with Gasteiger partial charge in [-0.1, -0.05) is 35.5 Å². The molecule has 5 rings (SSSR count). The second-order valence-corrected chi connectivity index (χ2v) is 10.8. The maximum atomic E-state index is 12.5. The van der Waals surface area contributed by atoms with Crippen LogP contribution in [0.3, 0.4) is 0 Å². The van der Waals surface area contributed by atoms with Crippen molar-refractivity contribution in [2.24, 2.45) is 0 Å². The van der Waals surface area contributed by atoms with E-state index in [1.165, 1.54) is 6.42 Å². The molecule has 0 aliphatic heterocycles. The summed E-state index contributed by atoms with van der Waals surface area (Å²) in [5, 5.41) is 15.3. The summed E-state index contributed by atoms with van der Waals surface area (Å²) in [5.74, 6) is 1.08. The highest BCUT2D eigenvalue weighted by Gasteiger charge is 2.24. The first kappa shape index (κ1) is 30.1. The third-order valence-corrected chi connectivity index (χ3v) is 7.55. The maximum absolute atomic E-state index is 12.5. The predicted octanol–water partition coefficient (Wildman–Crippen LogP) is 5.51. The first-order valence-corrected chi connectivity index (χ1v) is 14.8. The SMILES string of the molecule is CCCNC.Cc1nc(-c2ccc3ccnc(NCCC(=O)Nc4nc(C)c(C(=O)OC5CCCC5)s4)c3c2)no1. The van der Waals surface area contributed by atoms with Crippen molar-refractivity contribution in [3.8, 4) is 11.4 Å². The Kier molecular flexibility index (Phi) is 10.7. The van der Waals surface area contributed by atoms with E-state index in [9.17, 15) is 9.59 Å². The summed E-state index contributed by atoms with van der Waals surface area (Å²) in [5.41, 5.74) is 1.37. The lowest BCUT2D eigenvalue weighted by atomic mass is 10.1. The molecular weight excluding hydrogens is 542 g/mol. The molecule has 3 heterocycles. The molecule has 41 heavy (non-hydrogen) atoms. The Bertz CT molecular complexity index is 1460. The number of nitrogens with one attached hydrogen (secondary N) is 3. The zero-order valence-corrected chi connectivity index (χ0v) is 24.8. The van der Waals surface area contributed by atoms with Gasteiger partial charge in [-0.2, -0.15) is 4.98 Å². The molecule has 0 radical (unpaired) electrons. The maximum Gasteiger partial charge on any atom is 0.350 e. The number of hydrogen-bond donors (Lipinski definition) is 3. The number of carbonyl (C=O) groups excluding carboxylic acids is 2. The zero-order chi connectivity index (χ0) is 29.2. The normalized spacial score (nSPS) is 13.1. The van der Waals surface area contributed by atoms with E-state index in [-0.39, 0.29) is 24.4 Å². The molecule has 3 aromatic heterocycles. The number of nitrogens with zero attached hydrogens (tertiary/aromatic N) is 4. The number of amides is 1. The molecule has 0 spiro atoms. The van der Waals surface area contributed by atoms with Crippen molar-refractivity contribution in [3.05, 3.63) is 46.9 Å². The number of benzene rings is 1. The number of esters is 1. The molecule has 1 aliphatic rings. The van der Waals surface area contributed by atoms with Gasteiger partial charge in [0.2, 0.25) is 17.6 Å². The molecule has 3 N–H and O–H groups in total. The van der Waals surface area contributed by atoms with E-state index >= 15 is 0 Å². The zero-order valence-electron chi connectivity index (χ0n) is 24.0. The van der Waals surface area contributed by atoms with Crippen LogP contribution in [-0.2, 0) is 9.53 Å². The summed E-state index contributed by atoms with van der Waals surface area (Å²) in [6.07, 6.45) is 7.12. The van der Waals surface area contributed by atoms with Gasteiger partial charge in [-0.25, -0.2) is 14.8 Å². The van der Waals surface area contributed by atoms with Gasteiger partial charge in [0.05, 0.1) is 5.69 Å². The van der Waals surface area contributed by atoms with Crippen LogP contribution >= 0.6 is 11.3 Å². The van der Waals surface area contributed by atoms with E-state index in [4.69, 9.17) is 9.26 Å². The summed E-state index contributed by atoms with van der Waals surface area (Å²) >= 11 is 1.14. The Morgan fingerprint density at radius 2 is 1.93 bits per heavy atom. The molecule has 11 nitrogen and oxygen atoms in total. The monoisotopic (exact) mass is 579 g/mol. The number of fused-ring (bicyclic) bond motifs is 1. The number of ether oxygens (including phenoxy) is 1. The minimum absolute atomic E-state index is 0.0156. The summed E-state index contributed by atoms with van der Waals surface area (Å²) in [4.78, 5) is 38.5. The summed E-state index contributed by atoms with van der Waals surface area (Å²) in [7, 11) is 1.96. The van der Waals surface area contributed by atoms with Gasteiger partial charge in [0, 0.05) is 37.0 Å². The Morgan fingerprint density at radius 1 is 1.12 bits per heavy atom. The van der Waals surface area contributed by atoms with E-state index < -0.39 is 0 Å². The number of thiazole rings is 1. The van der Waals surface area contributed by atoms with Crippen LogP contribution in [0.15, 0.2) is 35.0 Å². The molecule has 1 aromatic carbocycles. The van der Waals surface area contributed by atoms with Crippen molar-refractivity contribution in [1.29, 1.82) is 0 Å². The molecule has 0 bridgehead atoms. The average Bonchev–Trinajstić information content (AvgIpc) is 3.71. The molecule has 4 aromatic rings. The van der Waals surface area contributed by atoms with E-state index in [0.717, 1.165) is 59.9 Å². The van der Waals surface area contributed by atoms with E-state index in [1.54, 1.807) is 20.0 Å². The van der Waals surface area contributed by atoms with E-state index in [1.807, 2.05) is 31.3 Å². The summed E-state index contributed by atoms with van der Waals surface area (Å²) < 4.78 is 10.7. The Labute approximate surface area is 243 Å². The lowest BCUT2D eigenvalue weighted by Gasteiger charge is -2.10. The number of aromatic nitrogens is 4. The van der Waals surface area contributed by atoms with Crippen molar-refractivity contribution >= 4 is 44.9 Å². The van der Waals surface area contributed by atoms with Crippen LogP contribution in [0.5, 0.6) is 0 Å².